The van der Waals surface area contributed by atoms with Crippen LogP contribution in [0.5, 0.6) is 5.75 Å². The quantitative estimate of drug-likeness (QED) is 0.842. The van der Waals surface area contributed by atoms with Crippen LogP contribution in [-0.2, 0) is 0 Å². The van der Waals surface area contributed by atoms with Crippen molar-refractivity contribution in [3.8, 4) is 5.75 Å². The van der Waals surface area contributed by atoms with Gasteiger partial charge in [0.05, 0.1) is 0 Å². The number of rotatable bonds is 5. The number of nitrogens with zero attached hydrogens (tertiary/aromatic N) is 1. The van der Waals surface area contributed by atoms with Gasteiger partial charge in [-0.25, -0.2) is 0 Å². The van der Waals surface area contributed by atoms with Gasteiger partial charge in [-0.3, -0.25) is 0 Å². The molecule has 0 amide bonds. The number of hydrogen-bond donors (Lipinski definition) is 1. The zero-order valence-electron chi connectivity index (χ0n) is 11.3. The van der Waals surface area contributed by atoms with Crippen LogP contribution in [0, 0.1) is 5.92 Å². The maximum atomic E-state index is 9.56. The fraction of sp³-hybridized carbons (Fsp3) is 0.467. The van der Waals surface area contributed by atoms with Gasteiger partial charge >= 0.3 is 0 Å². The van der Waals surface area contributed by atoms with Crippen molar-refractivity contribution in [2.75, 3.05) is 20.6 Å². The van der Waals surface area contributed by atoms with E-state index >= 15 is 0 Å². The number of benzene rings is 1. The summed E-state index contributed by atoms with van der Waals surface area (Å²) in [6.45, 7) is 5.39. The number of phenolic OH excluding ortho intramolecular Hbond substituents is 1. The summed E-state index contributed by atoms with van der Waals surface area (Å²) in [7, 11) is 4.17. The van der Waals surface area contributed by atoms with Crippen molar-refractivity contribution in [3.05, 3.63) is 35.9 Å². The molecule has 0 saturated heterocycles. The first-order valence-corrected chi connectivity index (χ1v) is 6.18. The lowest BCUT2D eigenvalue weighted by Gasteiger charge is -2.20. The van der Waals surface area contributed by atoms with E-state index < -0.39 is 0 Å². The lowest BCUT2D eigenvalue weighted by Crippen LogP contribution is -2.20. The molecule has 0 heterocycles. The molecule has 1 rings (SSSR count). The largest absolute Gasteiger partial charge is 0.508 e. The molecule has 1 atom stereocenters. The Morgan fingerprint density at radius 2 is 2.12 bits per heavy atom. The Kier molecular flexibility index (Phi) is 5.23. The molecule has 0 aliphatic carbocycles. The van der Waals surface area contributed by atoms with Crippen molar-refractivity contribution < 1.29 is 5.11 Å². The Bertz CT molecular complexity index is 382. The molecule has 2 nitrogen and oxygen atoms in total. The van der Waals surface area contributed by atoms with Crippen LogP contribution in [0.3, 0.4) is 0 Å². The van der Waals surface area contributed by atoms with Gasteiger partial charge in [-0.2, -0.15) is 0 Å². The summed E-state index contributed by atoms with van der Waals surface area (Å²) in [4.78, 5) is 2.19. The van der Waals surface area contributed by atoms with Crippen LogP contribution in [0.4, 0.5) is 0 Å². The fourth-order valence-electron chi connectivity index (χ4n) is 2.16. The van der Waals surface area contributed by atoms with Gasteiger partial charge in [0.2, 0.25) is 0 Å². The van der Waals surface area contributed by atoms with Crippen molar-refractivity contribution in [1.82, 2.24) is 4.90 Å². The molecule has 1 aromatic rings. The van der Waals surface area contributed by atoms with E-state index in [9.17, 15) is 5.11 Å². The Balaban J connectivity index is 2.97. The molecule has 0 aromatic heterocycles. The Labute approximate surface area is 105 Å². The van der Waals surface area contributed by atoms with Gasteiger partial charge < -0.3 is 10.0 Å². The lowest BCUT2D eigenvalue weighted by atomic mass is 9.92. The van der Waals surface area contributed by atoms with E-state index in [2.05, 4.69) is 45.0 Å². The van der Waals surface area contributed by atoms with E-state index in [-0.39, 0.29) is 0 Å². The van der Waals surface area contributed by atoms with E-state index in [1.807, 2.05) is 12.1 Å². The van der Waals surface area contributed by atoms with Gasteiger partial charge in [-0.05, 0) is 49.7 Å². The van der Waals surface area contributed by atoms with E-state index in [4.69, 9.17) is 0 Å². The van der Waals surface area contributed by atoms with Gasteiger partial charge in [0.1, 0.15) is 5.75 Å². The van der Waals surface area contributed by atoms with Crippen molar-refractivity contribution in [2.45, 2.75) is 20.3 Å². The third-order valence-electron chi connectivity index (χ3n) is 2.77. The van der Waals surface area contributed by atoms with Crippen LogP contribution >= 0.6 is 0 Å². The second-order valence-corrected chi connectivity index (χ2v) is 4.78. The normalized spacial score (nSPS) is 14.1. The molecular weight excluding hydrogens is 210 g/mol. The molecule has 0 radical (unpaired) electrons. The van der Waals surface area contributed by atoms with Crippen molar-refractivity contribution in [3.63, 3.8) is 0 Å². The molecule has 2 heteroatoms. The summed E-state index contributed by atoms with van der Waals surface area (Å²) in [5, 5.41) is 9.56. The molecule has 0 aliphatic heterocycles. The molecule has 0 saturated carbocycles. The molecule has 0 aliphatic rings. The van der Waals surface area contributed by atoms with E-state index in [1.54, 1.807) is 6.07 Å². The summed E-state index contributed by atoms with van der Waals surface area (Å²) < 4.78 is 0. The number of aromatic hydroxyl groups is 1. The smallest absolute Gasteiger partial charge is 0.116 e. The van der Waals surface area contributed by atoms with Crippen molar-refractivity contribution in [2.24, 2.45) is 5.92 Å². The molecule has 0 unspecified atom stereocenters. The average molecular weight is 233 g/mol. The van der Waals surface area contributed by atoms with Crippen LogP contribution in [0.15, 0.2) is 30.3 Å². The van der Waals surface area contributed by atoms with E-state index in [0.29, 0.717) is 11.7 Å². The third-order valence-corrected chi connectivity index (χ3v) is 2.77. The minimum absolute atomic E-state index is 0.335. The molecule has 1 aromatic carbocycles. The van der Waals surface area contributed by atoms with Crippen molar-refractivity contribution >= 4 is 5.57 Å². The number of allylic oxidation sites excluding steroid dienone is 1. The van der Waals surface area contributed by atoms with E-state index in [0.717, 1.165) is 18.5 Å². The van der Waals surface area contributed by atoms with Crippen LogP contribution in [0.25, 0.3) is 5.57 Å². The predicted octanol–water partition coefficient (Wildman–Crippen LogP) is 3.38. The minimum atomic E-state index is 0.335. The maximum absolute atomic E-state index is 9.56. The second-order valence-electron chi connectivity index (χ2n) is 4.78. The Morgan fingerprint density at radius 3 is 2.65 bits per heavy atom. The fourth-order valence-corrected chi connectivity index (χ4v) is 2.16. The molecule has 0 bridgehead atoms. The highest BCUT2D eigenvalue weighted by Gasteiger charge is 2.12. The molecule has 94 valence electrons. The lowest BCUT2D eigenvalue weighted by molar-refractivity contribution is 0.375. The van der Waals surface area contributed by atoms with Gasteiger partial charge in [0.25, 0.3) is 0 Å². The standard InChI is InChI=1S/C15H23NO/c1-5-7-15(12(2)11-16(3)4)13-8-6-9-14(17)10-13/h6-10,12,17H,5,11H2,1-4H3/t12-/m0/s1. The summed E-state index contributed by atoms with van der Waals surface area (Å²) in [6, 6.07) is 7.52. The highest BCUT2D eigenvalue weighted by Crippen LogP contribution is 2.26. The van der Waals surface area contributed by atoms with Crippen LogP contribution < -0.4 is 0 Å². The van der Waals surface area contributed by atoms with Gasteiger partial charge in [-0.1, -0.05) is 32.1 Å². The number of hydrogen-bond acceptors (Lipinski definition) is 2. The molecule has 1 N–H and O–H groups in total. The topological polar surface area (TPSA) is 23.5 Å². The first-order valence-electron chi connectivity index (χ1n) is 6.18. The zero-order chi connectivity index (χ0) is 12.8. The highest BCUT2D eigenvalue weighted by molar-refractivity contribution is 5.68. The number of phenols is 1. The molecule has 0 spiro atoms. The maximum Gasteiger partial charge on any atom is 0.116 e. The minimum Gasteiger partial charge on any atom is -0.508 e. The van der Waals surface area contributed by atoms with Gasteiger partial charge in [0.15, 0.2) is 0 Å². The van der Waals surface area contributed by atoms with Crippen LogP contribution in [-0.4, -0.2) is 30.6 Å². The highest BCUT2D eigenvalue weighted by atomic mass is 16.3. The second kappa shape index (κ2) is 6.45. The zero-order valence-corrected chi connectivity index (χ0v) is 11.3. The van der Waals surface area contributed by atoms with Gasteiger partial charge in [0, 0.05) is 6.54 Å². The molecule has 17 heavy (non-hydrogen) atoms. The van der Waals surface area contributed by atoms with Gasteiger partial charge in [-0.15, -0.1) is 0 Å². The van der Waals surface area contributed by atoms with Crippen LogP contribution in [0.1, 0.15) is 25.8 Å². The first-order chi connectivity index (χ1) is 8.04. The Morgan fingerprint density at radius 1 is 1.41 bits per heavy atom. The third kappa shape index (κ3) is 4.23. The van der Waals surface area contributed by atoms with Crippen LogP contribution in [0.2, 0.25) is 0 Å². The van der Waals surface area contributed by atoms with Crippen molar-refractivity contribution in [1.29, 1.82) is 0 Å². The summed E-state index contributed by atoms with van der Waals surface area (Å²) in [5.41, 5.74) is 2.44. The summed E-state index contributed by atoms with van der Waals surface area (Å²) in [5.74, 6) is 0.799. The average Bonchev–Trinajstić information content (AvgIpc) is 2.24. The Hall–Kier alpha value is -1.28. The molecular formula is C15H23NO. The first kappa shape index (κ1) is 13.8. The summed E-state index contributed by atoms with van der Waals surface area (Å²) >= 11 is 0. The predicted molar refractivity (Wildman–Crippen MR) is 74.1 cm³/mol. The monoisotopic (exact) mass is 233 g/mol. The van der Waals surface area contributed by atoms with E-state index in [1.165, 1.54) is 5.57 Å². The molecule has 0 fully saturated rings. The summed E-state index contributed by atoms with van der Waals surface area (Å²) in [6.07, 6.45) is 3.27. The SMILES string of the molecule is CCC=C(c1cccc(O)c1)[C@@H](C)CN(C)C.